The van der Waals surface area contributed by atoms with Crippen molar-refractivity contribution in [3.63, 3.8) is 0 Å². The Morgan fingerprint density at radius 1 is 1.12 bits per heavy atom. The summed E-state index contributed by atoms with van der Waals surface area (Å²) in [4.78, 5) is 12.2. The van der Waals surface area contributed by atoms with E-state index in [4.69, 9.17) is 11.6 Å². The largest absolute Gasteiger partial charge is 0.378 e. The Morgan fingerprint density at radius 3 is 2.19 bits per heavy atom. The van der Waals surface area contributed by atoms with E-state index in [1.165, 1.54) is 20.0 Å². The van der Waals surface area contributed by atoms with Crippen LogP contribution in [0, 0.1) is 17.0 Å². The van der Waals surface area contributed by atoms with Gasteiger partial charge >= 0.3 is 0 Å². The summed E-state index contributed by atoms with van der Waals surface area (Å²) in [6, 6.07) is 9.75. The SMILES string of the molecule is Cc1c(Cl)cc(S(=O)(=O)N(C)Cc2ccc(N(C)C)cc2)cc1[N+](=O)[O-]. The third-order valence-electron chi connectivity index (χ3n) is 4.05. The molecule has 0 saturated carbocycles. The first-order valence-electron chi connectivity index (χ1n) is 7.71. The predicted octanol–water partition coefficient (Wildman–Crippen LogP) is 3.44. The van der Waals surface area contributed by atoms with Gasteiger partial charge in [0.15, 0.2) is 0 Å². The minimum Gasteiger partial charge on any atom is -0.378 e. The molecule has 0 N–H and O–H groups in total. The molecule has 0 amide bonds. The van der Waals surface area contributed by atoms with Gasteiger partial charge in [-0.1, -0.05) is 23.7 Å². The van der Waals surface area contributed by atoms with Gasteiger partial charge in [-0.3, -0.25) is 10.1 Å². The highest BCUT2D eigenvalue weighted by Gasteiger charge is 2.26. The average molecular weight is 398 g/mol. The first-order chi connectivity index (χ1) is 12.0. The average Bonchev–Trinajstić information content (AvgIpc) is 2.57. The second kappa shape index (κ2) is 7.61. The molecule has 2 rings (SSSR count). The van der Waals surface area contributed by atoms with E-state index in [0.717, 1.165) is 21.6 Å². The molecule has 0 bridgehead atoms. The van der Waals surface area contributed by atoms with Gasteiger partial charge in [0.1, 0.15) is 0 Å². The van der Waals surface area contributed by atoms with Gasteiger partial charge in [0.2, 0.25) is 10.0 Å². The first kappa shape index (κ1) is 20.2. The summed E-state index contributed by atoms with van der Waals surface area (Å²) in [5.41, 5.74) is 1.71. The fraction of sp³-hybridized carbons (Fsp3) is 0.294. The van der Waals surface area contributed by atoms with Crippen LogP contribution in [0.4, 0.5) is 11.4 Å². The Balaban J connectivity index is 2.33. The number of anilines is 1. The molecule has 2 aromatic rings. The molecule has 0 fully saturated rings. The third-order valence-corrected chi connectivity index (χ3v) is 6.23. The smallest absolute Gasteiger partial charge is 0.275 e. The van der Waals surface area contributed by atoms with Crippen molar-refractivity contribution in [2.24, 2.45) is 0 Å². The van der Waals surface area contributed by atoms with Crippen LogP contribution in [0.3, 0.4) is 0 Å². The lowest BCUT2D eigenvalue weighted by atomic mass is 10.2. The minimum atomic E-state index is -3.92. The zero-order valence-corrected chi connectivity index (χ0v) is 16.5. The van der Waals surface area contributed by atoms with Crippen LogP contribution in [0.5, 0.6) is 0 Å². The fourth-order valence-corrected chi connectivity index (χ4v) is 3.89. The topological polar surface area (TPSA) is 83.8 Å². The van der Waals surface area contributed by atoms with Crippen LogP contribution in [0.15, 0.2) is 41.3 Å². The Bertz CT molecular complexity index is 928. The van der Waals surface area contributed by atoms with Gasteiger partial charge in [-0.25, -0.2) is 8.42 Å². The van der Waals surface area contributed by atoms with Crippen molar-refractivity contribution >= 4 is 33.0 Å². The van der Waals surface area contributed by atoms with Crippen LogP contribution in [0.1, 0.15) is 11.1 Å². The van der Waals surface area contributed by atoms with E-state index >= 15 is 0 Å². The van der Waals surface area contributed by atoms with Crippen molar-refractivity contribution in [3.05, 3.63) is 62.7 Å². The number of sulfonamides is 1. The third kappa shape index (κ3) is 4.14. The molecule has 2 aromatic carbocycles. The van der Waals surface area contributed by atoms with Gasteiger partial charge in [0.05, 0.1) is 14.8 Å². The second-order valence-corrected chi connectivity index (χ2v) is 8.58. The van der Waals surface area contributed by atoms with Crippen molar-refractivity contribution in [3.8, 4) is 0 Å². The molecule has 26 heavy (non-hydrogen) atoms. The highest BCUT2D eigenvalue weighted by molar-refractivity contribution is 7.89. The number of nitro benzene ring substituents is 1. The van der Waals surface area contributed by atoms with Crippen LogP contribution in [-0.4, -0.2) is 38.8 Å². The van der Waals surface area contributed by atoms with Crippen molar-refractivity contribution in [1.29, 1.82) is 0 Å². The number of nitro groups is 1. The summed E-state index contributed by atoms with van der Waals surface area (Å²) in [7, 11) is 1.33. The number of halogens is 1. The van der Waals surface area contributed by atoms with E-state index in [0.29, 0.717) is 0 Å². The highest BCUT2D eigenvalue weighted by atomic mass is 35.5. The maximum absolute atomic E-state index is 12.8. The molecule has 0 heterocycles. The summed E-state index contributed by atoms with van der Waals surface area (Å²) in [6.45, 7) is 1.61. The van der Waals surface area contributed by atoms with Crippen molar-refractivity contribution in [2.45, 2.75) is 18.4 Å². The van der Waals surface area contributed by atoms with Gasteiger partial charge in [-0.05, 0) is 30.7 Å². The quantitative estimate of drug-likeness (QED) is 0.550. The molecular weight excluding hydrogens is 378 g/mol. The molecule has 0 atom stereocenters. The molecule has 0 spiro atoms. The zero-order valence-electron chi connectivity index (χ0n) is 14.9. The van der Waals surface area contributed by atoms with E-state index in [2.05, 4.69) is 0 Å². The molecule has 9 heteroatoms. The maximum Gasteiger partial charge on any atom is 0.275 e. The minimum absolute atomic E-state index is 0.0431. The van der Waals surface area contributed by atoms with Crippen LogP contribution < -0.4 is 4.90 Å². The van der Waals surface area contributed by atoms with E-state index in [1.807, 2.05) is 43.3 Å². The maximum atomic E-state index is 12.8. The van der Waals surface area contributed by atoms with Gasteiger partial charge in [0, 0.05) is 45.0 Å². The molecule has 0 saturated heterocycles. The lowest BCUT2D eigenvalue weighted by molar-refractivity contribution is -0.385. The van der Waals surface area contributed by atoms with Crippen molar-refractivity contribution in [1.82, 2.24) is 4.31 Å². The van der Waals surface area contributed by atoms with Crippen molar-refractivity contribution in [2.75, 3.05) is 26.0 Å². The lowest BCUT2D eigenvalue weighted by Crippen LogP contribution is -2.26. The molecule has 0 radical (unpaired) electrons. The van der Waals surface area contributed by atoms with Gasteiger partial charge < -0.3 is 4.90 Å². The second-order valence-electron chi connectivity index (χ2n) is 6.13. The molecule has 0 aliphatic heterocycles. The zero-order chi connectivity index (χ0) is 19.6. The van der Waals surface area contributed by atoms with E-state index in [-0.39, 0.29) is 27.7 Å². The Kier molecular flexibility index (Phi) is 5.90. The summed E-state index contributed by atoms with van der Waals surface area (Å²) in [5, 5.41) is 11.2. The van der Waals surface area contributed by atoms with Crippen molar-refractivity contribution < 1.29 is 13.3 Å². The number of benzene rings is 2. The van der Waals surface area contributed by atoms with Gasteiger partial charge in [-0.15, -0.1) is 0 Å². The van der Waals surface area contributed by atoms with Crippen LogP contribution in [0.25, 0.3) is 0 Å². The normalized spacial score (nSPS) is 11.6. The number of rotatable bonds is 6. The Morgan fingerprint density at radius 2 is 1.69 bits per heavy atom. The summed E-state index contributed by atoms with van der Waals surface area (Å²) < 4.78 is 26.7. The van der Waals surface area contributed by atoms with E-state index < -0.39 is 14.9 Å². The molecule has 0 aliphatic rings. The molecule has 0 unspecified atom stereocenters. The molecular formula is C17H20ClN3O4S. The lowest BCUT2D eigenvalue weighted by Gasteiger charge is -2.19. The number of nitrogens with zero attached hydrogens (tertiary/aromatic N) is 3. The molecule has 0 aromatic heterocycles. The summed E-state index contributed by atoms with van der Waals surface area (Å²) >= 11 is 5.99. The molecule has 140 valence electrons. The first-order valence-corrected chi connectivity index (χ1v) is 9.53. The standard InChI is InChI=1S/C17H20ClN3O4S/c1-12-16(18)9-15(10-17(12)21(22)23)26(24,25)20(4)11-13-5-7-14(8-6-13)19(2)3/h5-10H,11H2,1-4H3. The Labute approximate surface area is 158 Å². The highest BCUT2D eigenvalue weighted by Crippen LogP contribution is 2.31. The van der Waals surface area contributed by atoms with Crippen LogP contribution in [0.2, 0.25) is 5.02 Å². The molecule has 7 nitrogen and oxygen atoms in total. The van der Waals surface area contributed by atoms with E-state index in [9.17, 15) is 18.5 Å². The predicted molar refractivity (Wildman–Crippen MR) is 102 cm³/mol. The monoisotopic (exact) mass is 397 g/mol. The van der Waals surface area contributed by atoms with Crippen LogP contribution in [-0.2, 0) is 16.6 Å². The molecule has 0 aliphatic carbocycles. The van der Waals surface area contributed by atoms with Gasteiger partial charge in [0.25, 0.3) is 5.69 Å². The number of hydrogen-bond acceptors (Lipinski definition) is 5. The van der Waals surface area contributed by atoms with Gasteiger partial charge in [-0.2, -0.15) is 4.31 Å². The van der Waals surface area contributed by atoms with Crippen LogP contribution >= 0.6 is 11.6 Å². The fourth-order valence-electron chi connectivity index (χ4n) is 2.40. The number of hydrogen-bond donors (Lipinski definition) is 0. The Hall–Kier alpha value is -2.16. The summed E-state index contributed by atoms with van der Waals surface area (Å²) in [6.07, 6.45) is 0. The summed E-state index contributed by atoms with van der Waals surface area (Å²) in [5.74, 6) is 0. The van der Waals surface area contributed by atoms with E-state index in [1.54, 1.807) is 0 Å².